The molecule has 0 saturated heterocycles. The Hall–Kier alpha value is -1.79. The van der Waals surface area contributed by atoms with Crippen LogP contribution < -0.4 is 5.32 Å². The summed E-state index contributed by atoms with van der Waals surface area (Å²) in [5.74, 6) is 0.828. The number of rotatable bonds is 4. The van der Waals surface area contributed by atoms with Crippen molar-refractivity contribution in [3.8, 4) is 0 Å². The van der Waals surface area contributed by atoms with Gasteiger partial charge in [0.2, 0.25) is 0 Å². The van der Waals surface area contributed by atoms with Gasteiger partial charge < -0.3 is 5.32 Å². The fourth-order valence-corrected chi connectivity index (χ4v) is 2.42. The summed E-state index contributed by atoms with van der Waals surface area (Å²) < 4.78 is 1.06. The largest absolute Gasteiger partial charge is 0.306 e. The van der Waals surface area contributed by atoms with Crippen LogP contribution in [0.3, 0.4) is 0 Å². The predicted octanol–water partition coefficient (Wildman–Crippen LogP) is 2.41. The minimum absolute atomic E-state index is 0.657. The monoisotopic (exact) mass is 317 g/mol. The summed E-state index contributed by atoms with van der Waals surface area (Å²) in [6.07, 6.45) is 3.32. The van der Waals surface area contributed by atoms with E-state index in [0.29, 0.717) is 6.54 Å². The molecule has 0 saturated carbocycles. The lowest BCUT2D eigenvalue weighted by Gasteiger charge is -2.07. The van der Waals surface area contributed by atoms with Gasteiger partial charge in [0, 0.05) is 22.6 Å². The molecule has 3 rings (SSSR count). The lowest BCUT2D eigenvalue weighted by Crippen LogP contribution is -2.14. The summed E-state index contributed by atoms with van der Waals surface area (Å²) in [6.45, 7) is 1.39. The first kappa shape index (κ1) is 12.3. The molecule has 0 aliphatic carbocycles. The van der Waals surface area contributed by atoms with E-state index >= 15 is 0 Å². The highest BCUT2D eigenvalue weighted by atomic mass is 79.9. The second-order valence-electron chi connectivity index (χ2n) is 4.14. The molecule has 5 nitrogen and oxygen atoms in total. The van der Waals surface area contributed by atoms with Gasteiger partial charge in [-0.3, -0.25) is 10.1 Å². The molecule has 19 heavy (non-hydrogen) atoms. The molecule has 96 valence electrons. The summed E-state index contributed by atoms with van der Waals surface area (Å²) in [5.41, 5.74) is 2.18. The van der Waals surface area contributed by atoms with Crippen LogP contribution in [0.25, 0.3) is 10.9 Å². The van der Waals surface area contributed by atoms with Crippen LogP contribution in [-0.2, 0) is 13.1 Å². The summed E-state index contributed by atoms with van der Waals surface area (Å²) in [6, 6.07) is 8.13. The van der Waals surface area contributed by atoms with Crippen molar-refractivity contribution in [2.45, 2.75) is 13.1 Å². The van der Waals surface area contributed by atoms with Crippen LogP contribution in [0.1, 0.15) is 11.4 Å². The van der Waals surface area contributed by atoms with Crippen molar-refractivity contribution >= 4 is 26.8 Å². The average Bonchev–Trinajstić information content (AvgIpc) is 2.95. The number of pyridine rings is 1. The van der Waals surface area contributed by atoms with Crippen molar-refractivity contribution < 1.29 is 0 Å². The minimum Gasteiger partial charge on any atom is -0.306 e. The van der Waals surface area contributed by atoms with E-state index in [-0.39, 0.29) is 0 Å². The number of benzene rings is 1. The van der Waals surface area contributed by atoms with E-state index in [2.05, 4.69) is 59.6 Å². The van der Waals surface area contributed by atoms with Gasteiger partial charge in [-0.15, -0.1) is 0 Å². The van der Waals surface area contributed by atoms with E-state index in [9.17, 15) is 0 Å². The van der Waals surface area contributed by atoms with E-state index in [0.717, 1.165) is 27.7 Å². The van der Waals surface area contributed by atoms with Gasteiger partial charge in [-0.05, 0) is 17.7 Å². The number of H-pyrrole nitrogens is 1. The molecule has 0 atom stereocenters. The molecule has 0 aliphatic rings. The summed E-state index contributed by atoms with van der Waals surface area (Å²) >= 11 is 3.55. The Bertz CT molecular complexity index is 681. The van der Waals surface area contributed by atoms with E-state index in [1.807, 2.05) is 12.3 Å². The molecule has 0 amide bonds. The minimum atomic E-state index is 0.657. The Morgan fingerprint density at radius 3 is 2.95 bits per heavy atom. The van der Waals surface area contributed by atoms with Crippen LogP contribution in [0.2, 0.25) is 0 Å². The first-order valence-electron chi connectivity index (χ1n) is 5.91. The Balaban J connectivity index is 1.79. The number of nitrogens with one attached hydrogen (secondary N) is 2. The number of aromatic amines is 1. The third-order valence-electron chi connectivity index (χ3n) is 2.87. The van der Waals surface area contributed by atoms with Crippen LogP contribution in [0.5, 0.6) is 0 Å². The molecule has 2 heterocycles. The summed E-state index contributed by atoms with van der Waals surface area (Å²) in [7, 11) is 0. The van der Waals surface area contributed by atoms with Crippen molar-refractivity contribution in [1.82, 2.24) is 25.5 Å². The maximum Gasteiger partial charge on any atom is 0.138 e. The number of halogens is 1. The SMILES string of the molecule is Brc1ccc(CNCc2ncn[nH]2)c2ncccc12. The Morgan fingerprint density at radius 1 is 1.16 bits per heavy atom. The molecule has 0 unspecified atom stereocenters. The van der Waals surface area contributed by atoms with Gasteiger partial charge in [-0.25, -0.2) is 4.98 Å². The van der Waals surface area contributed by atoms with Crippen molar-refractivity contribution in [1.29, 1.82) is 0 Å². The van der Waals surface area contributed by atoms with E-state index < -0.39 is 0 Å². The molecule has 3 aromatic rings. The molecule has 2 aromatic heterocycles. The second kappa shape index (κ2) is 5.46. The Morgan fingerprint density at radius 2 is 2.11 bits per heavy atom. The molecule has 0 bridgehead atoms. The number of nitrogens with zero attached hydrogens (tertiary/aromatic N) is 3. The fourth-order valence-electron chi connectivity index (χ4n) is 1.97. The summed E-state index contributed by atoms with van der Waals surface area (Å²) in [4.78, 5) is 8.52. The molecule has 1 aromatic carbocycles. The zero-order valence-corrected chi connectivity index (χ0v) is 11.7. The van der Waals surface area contributed by atoms with Gasteiger partial charge in [0.25, 0.3) is 0 Å². The van der Waals surface area contributed by atoms with Gasteiger partial charge in [-0.1, -0.05) is 28.1 Å². The first-order chi connectivity index (χ1) is 9.34. The fraction of sp³-hybridized carbons (Fsp3) is 0.154. The summed E-state index contributed by atoms with van der Waals surface area (Å²) in [5, 5.41) is 11.1. The van der Waals surface area contributed by atoms with Gasteiger partial charge in [0.15, 0.2) is 0 Å². The molecule has 0 fully saturated rings. The third-order valence-corrected chi connectivity index (χ3v) is 3.56. The van der Waals surface area contributed by atoms with E-state index in [1.165, 1.54) is 11.9 Å². The number of aromatic nitrogens is 4. The Labute approximate surface area is 118 Å². The zero-order valence-electron chi connectivity index (χ0n) is 10.1. The number of fused-ring (bicyclic) bond motifs is 1. The number of hydrogen-bond donors (Lipinski definition) is 2. The molecule has 0 aliphatic heterocycles. The molecule has 0 spiro atoms. The standard InChI is InChI=1S/C13H12BrN5/c14-11-4-3-9(13-10(11)2-1-5-16-13)6-15-7-12-17-8-18-19-12/h1-5,8,15H,6-7H2,(H,17,18,19). The van der Waals surface area contributed by atoms with E-state index in [4.69, 9.17) is 0 Å². The lowest BCUT2D eigenvalue weighted by molar-refractivity contribution is 0.666. The van der Waals surface area contributed by atoms with Crippen LogP contribution in [-0.4, -0.2) is 20.2 Å². The highest BCUT2D eigenvalue weighted by Crippen LogP contribution is 2.25. The zero-order chi connectivity index (χ0) is 13.1. The molecular weight excluding hydrogens is 306 g/mol. The average molecular weight is 318 g/mol. The first-order valence-corrected chi connectivity index (χ1v) is 6.71. The van der Waals surface area contributed by atoms with Crippen LogP contribution >= 0.6 is 15.9 Å². The molecule has 6 heteroatoms. The highest BCUT2D eigenvalue weighted by molar-refractivity contribution is 9.10. The van der Waals surface area contributed by atoms with Crippen molar-refractivity contribution in [2.24, 2.45) is 0 Å². The predicted molar refractivity (Wildman–Crippen MR) is 76.4 cm³/mol. The Kier molecular flexibility index (Phi) is 3.52. The van der Waals surface area contributed by atoms with Gasteiger partial charge in [-0.2, -0.15) is 5.10 Å². The number of hydrogen-bond acceptors (Lipinski definition) is 4. The van der Waals surface area contributed by atoms with Crippen LogP contribution in [0.4, 0.5) is 0 Å². The van der Waals surface area contributed by atoms with Crippen molar-refractivity contribution in [3.05, 3.63) is 52.7 Å². The second-order valence-corrected chi connectivity index (χ2v) is 5.00. The normalized spacial score (nSPS) is 11.0. The van der Waals surface area contributed by atoms with Crippen molar-refractivity contribution in [2.75, 3.05) is 0 Å². The highest BCUT2D eigenvalue weighted by Gasteiger charge is 2.05. The van der Waals surface area contributed by atoms with Crippen LogP contribution in [0.15, 0.2) is 41.3 Å². The smallest absolute Gasteiger partial charge is 0.138 e. The van der Waals surface area contributed by atoms with Gasteiger partial charge in [0.05, 0.1) is 12.1 Å². The van der Waals surface area contributed by atoms with Crippen molar-refractivity contribution in [3.63, 3.8) is 0 Å². The molecular formula is C13H12BrN5. The maximum atomic E-state index is 4.45. The molecule has 2 N–H and O–H groups in total. The maximum absolute atomic E-state index is 4.45. The molecule has 0 radical (unpaired) electrons. The van der Waals surface area contributed by atoms with Crippen LogP contribution in [0, 0.1) is 0 Å². The van der Waals surface area contributed by atoms with Gasteiger partial charge >= 0.3 is 0 Å². The van der Waals surface area contributed by atoms with E-state index in [1.54, 1.807) is 0 Å². The quantitative estimate of drug-likeness (QED) is 0.775. The lowest BCUT2D eigenvalue weighted by atomic mass is 10.1. The topological polar surface area (TPSA) is 66.5 Å². The van der Waals surface area contributed by atoms with Gasteiger partial charge in [0.1, 0.15) is 12.2 Å². The third kappa shape index (κ3) is 2.64.